The Kier molecular flexibility index (Phi) is 4.57. The van der Waals surface area contributed by atoms with Gasteiger partial charge in [-0.15, -0.1) is 0 Å². The van der Waals surface area contributed by atoms with Gasteiger partial charge in [-0.1, -0.05) is 6.92 Å². The zero-order valence-electron chi connectivity index (χ0n) is 10.2. The van der Waals surface area contributed by atoms with Crippen LogP contribution in [0.3, 0.4) is 0 Å². The number of benzene rings is 1. The highest BCUT2D eigenvalue weighted by Crippen LogP contribution is 2.26. The fraction of sp³-hybridized carbons (Fsp3) is 0.308. The van der Waals surface area contributed by atoms with E-state index in [0.717, 1.165) is 5.56 Å². The number of hydrogen-bond donors (Lipinski definition) is 1. The van der Waals surface area contributed by atoms with Gasteiger partial charge in [-0.05, 0) is 24.6 Å². The van der Waals surface area contributed by atoms with Crippen LogP contribution < -0.4 is 9.47 Å². The molecule has 4 nitrogen and oxygen atoms in total. The molecule has 1 aromatic carbocycles. The highest BCUT2D eigenvalue weighted by Gasteiger charge is 2.08. The van der Waals surface area contributed by atoms with E-state index in [1.54, 1.807) is 45.4 Å². The summed E-state index contributed by atoms with van der Waals surface area (Å²) in [5.74, 6) is 0.356. The molecule has 0 aromatic heterocycles. The Morgan fingerprint density at radius 1 is 1.35 bits per heavy atom. The number of hydrogen-bond acceptors (Lipinski definition) is 3. The number of methoxy groups -OCH3 is 2. The molecule has 1 N–H and O–H groups in total. The van der Waals surface area contributed by atoms with Crippen molar-refractivity contribution < 1.29 is 19.4 Å². The van der Waals surface area contributed by atoms with Gasteiger partial charge >= 0.3 is 5.97 Å². The van der Waals surface area contributed by atoms with Crippen LogP contribution in [0, 0.1) is 0 Å². The predicted octanol–water partition coefficient (Wildman–Crippen LogP) is 2.58. The minimum atomic E-state index is -0.912. The van der Waals surface area contributed by atoms with Crippen molar-refractivity contribution >= 4 is 12.0 Å². The fourth-order valence-electron chi connectivity index (χ4n) is 1.44. The van der Waals surface area contributed by atoms with E-state index in [9.17, 15) is 4.79 Å². The maximum atomic E-state index is 10.9. The molecule has 0 aliphatic heterocycles. The monoisotopic (exact) mass is 236 g/mol. The van der Waals surface area contributed by atoms with Crippen LogP contribution in [0.15, 0.2) is 23.8 Å². The van der Waals surface area contributed by atoms with E-state index in [0.29, 0.717) is 23.5 Å². The highest BCUT2D eigenvalue weighted by atomic mass is 16.5. The molecule has 0 radical (unpaired) electrons. The Bertz CT molecular complexity index is 435. The third-order valence-electron chi connectivity index (χ3n) is 2.43. The Balaban J connectivity index is 3.17. The average molecular weight is 236 g/mol. The van der Waals surface area contributed by atoms with Crippen LogP contribution in [-0.4, -0.2) is 25.3 Å². The Labute approximate surface area is 100 Å². The summed E-state index contributed by atoms with van der Waals surface area (Å²) in [5, 5.41) is 8.97. The van der Waals surface area contributed by atoms with Crippen LogP contribution >= 0.6 is 0 Å². The smallest absolute Gasteiger partial charge is 0.331 e. The molecule has 0 bridgehead atoms. The van der Waals surface area contributed by atoms with Crippen molar-refractivity contribution in [3.8, 4) is 11.5 Å². The molecule has 1 rings (SSSR count). The number of ether oxygens (including phenoxy) is 2. The quantitative estimate of drug-likeness (QED) is 0.798. The molecule has 0 heterocycles. The Hall–Kier alpha value is -1.97. The van der Waals surface area contributed by atoms with Crippen LogP contribution in [0.2, 0.25) is 0 Å². The van der Waals surface area contributed by atoms with Crippen LogP contribution in [0.1, 0.15) is 18.9 Å². The summed E-state index contributed by atoms with van der Waals surface area (Å²) in [6, 6.07) is 5.26. The second kappa shape index (κ2) is 5.94. The number of rotatable bonds is 5. The van der Waals surface area contributed by atoms with Gasteiger partial charge in [0.1, 0.15) is 11.5 Å². The molecule has 0 saturated carbocycles. The van der Waals surface area contributed by atoms with E-state index in [1.165, 1.54) is 0 Å². The van der Waals surface area contributed by atoms with E-state index in [2.05, 4.69) is 0 Å². The fourth-order valence-corrected chi connectivity index (χ4v) is 1.44. The number of aliphatic carboxylic acids is 1. The second-order valence-corrected chi connectivity index (χ2v) is 3.44. The van der Waals surface area contributed by atoms with Crippen molar-refractivity contribution in [1.82, 2.24) is 0 Å². The van der Waals surface area contributed by atoms with Gasteiger partial charge in [0.2, 0.25) is 0 Å². The summed E-state index contributed by atoms with van der Waals surface area (Å²) < 4.78 is 10.3. The summed E-state index contributed by atoms with van der Waals surface area (Å²) in [5.41, 5.74) is 1.07. The molecular weight excluding hydrogens is 220 g/mol. The van der Waals surface area contributed by atoms with Gasteiger partial charge in [0.05, 0.1) is 14.2 Å². The molecule has 0 saturated heterocycles. The van der Waals surface area contributed by atoms with E-state index in [-0.39, 0.29) is 0 Å². The average Bonchev–Trinajstić information content (AvgIpc) is 2.35. The van der Waals surface area contributed by atoms with Crippen molar-refractivity contribution in [3.63, 3.8) is 0 Å². The summed E-state index contributed by atoms with van der Waals surface area (Å²) in [4.78, 5) is 10.9. The molecule has 0 spiro atoms. The highest BCUT2D eigenvalue weighted by molar-refractivity contribution is 5.92. The molecule has 17 heavy (non-hydrogen) atoms. The van der Waals surface area contributed by atoms with Crippen molar-refractivity contribution in [2.24, 2.45) is 0 Å². The first-order chi connectivity index (χ1) is 8.12. The van der Waals surface area contributed by atoms with Crippen molar-refractivity contribution in [2.75, 3.05) is 14.2 Å². The van der Waals surface area contributed by atoms with E-state index < -0.39 is 5.97 Å². The molecule has 92 valence electrons. The van der Waals surface area contributed by atoms with Crippen molar-refractivity contribution in [2.45, 2.75) is 13.3 Å². The van der Waals surface area contributed by atoms with Crippen molar-refractivity contribution in [3.05, 3.63) is 29.3 Å². The van der Waals surface area contributed by atoms with E-state index in [4.69, 9.17) is 14.6 Å². The summed E-state index contributed by atoms with van der Waals surface area (Å²) in [6.45, 7) is 1.80. The SMILES string of the molecule is CC/C(=C\c1ccc(OC)cc1OC)C(=O)O. The Morgan fingerprint density at radius 2 is 2.06 bits per heavy atom. The first-order valence-corrected chi connectivity index (χ1v) is 5.28. The minimum Gasteiger partial charge on any atom is -0.497 e. The Morgan fingerprint density at radius 3 is 2.53 bits per heavy atom. The summed E-state index contributed by atoms with van der Waals surface area (Å²) in [6.07, 6.45) is 2.07. The second-order valence-electron chi connectivity index (χ2n) is 3.44. The summed E-state index contributed by atoms with van der Waals surface area (Å²) >= 11 is 0. The lowest BCUT2D eigenvalue weighted by atomic mass is 10.1. The lowest BCUT2D eigenvalue weighted by molar-refractivity contribution is -0.132. The van der Waals surface area contributed by atoms with Crippen LogP contribution in [-0.2, 0) is 4.79 Å². The molecule has 1 aromatic rings. The third kappa shape index (κ3) is 3.24. The topological polar surface area (TPSA) is 55.8 Å². The molecule has 0 aliphatic carbocycles. The van der Waals surface area contributed by atoms with Gasteiger partial charge in [-0.2, -0.15) is 0 Å². The number of carboxylic acid groups (broad SMARTS) is 1. The third-order valence-corrected chi connectivity index (χ3v) is 2.43. The zero-order valence-corrected chi connectivity index (χ0v) is 10.2. The molecule has 0 fully saturated rings. The maximum Gasteiger partial charge on any atom is 0.331 e. The first-order valence-electron chi connectivity index (χ1n) is 5.28. The lowest BCUT2D eigenvalue weighted by Crippen LogP contribution is -1.99. The number of carboxylic acids is 1. The maximum absolute atomic E-state index is 10.9. The predicted molar refractivity (Wildman–Crippen MR) is 65.4 cm³/mol. The van der Waals surface area contributed by atoms with Gasteiger partial charge in [0, 0.05) is 17.2 Å². The van der Waals surface area contributed by atoms with Gasteiger partial charge in [0.15, 0.2) is 0 Å². The molecule has 4 heteroatoms. The largest absolute Gasteiger partial charge is 0.497 e. The van der Waals surface area contributed by atoms with Gasteiger partial charge in [0.25, 0.3) is 0 Å². The van der Waals surface area contributed by atoms with Crippen LogP contribution in [0.5, 0.6) is 11.5 Å². The zero-order chi connectivity index (χ0) is 12.8. The van der Waals surface area contributed by atoms with E-state index >= 15 is 0 Å². The van der Waals surface area contributed by atoms with Crippen LogP contribution in [0.25, 0.3) is 6.08 Å². The molecule has 0 aliphatic rings. The van der Waals surface area contributed by atoms with Gasteiger partial charge in [-0.3, -0.25) is 0 Å². The van der Waals surface area contributed by atoms with Gasteiger partial charge < -0.3 is 14.6 Å². The van der Waals surface area contributed by atoms with E-state index in [1.807, 2.05) is 0 Å². The first kappa shape index (κ1) is 13.1. The van der Waals surface area contributed by atoms with Gasteiger partial charge in [-0.25, -0.2) is 4.79 Å². The normalized spacial score (nSPS) is 11.1. The molecule has 0 unspecified atom stereocenters. The lowest BCUT2D eigenvalue weighted by Gasteiger charge is -2.08. The van der Waals surface area contributed by atoms with Crippen molar-refractivity contribution in [1.29, 1.82) is 0 Å². The summed E-state index contributed by atoms with van der Waals surface area (Å²) in [7, 11) is 3.11. The standard InChI is InChI=1S/C13H16O4/c1-4-9(13(14)15)7-10-5-6-11(16-2)8-12(10)17-3/h5-8H,4H2,1-3H3,(H,14,15)/b9-7+. The number of carbonyl (C=O) groups is 1. The molecule has 0 atom stereocenters. The molecular formula is C13H16O4. The minimum absolute atomic E-state index is 0.341. The van der Waals surface area contributed by atoms with Crippen LogP contribution in [0.4, 0.5) is 0 Å². The molecule has 0 amide bonds.